The van der Waals surface area contributed by atoms with Crippen LogP contribution in [0.2, 0.25) is 0 Å². The van der Waals surface area contributed by atoms with Crippen LogP contribution < -0.4 is 0 Å². The second kappa shape index (κ2) is 6.43. The molecule has 3 heterocycles. The zero-order valence-corrected chi connectivity index (χ0v) is 15.8. The lowest BCUT2D eigenvalue weighted by Crippen LogP contribution is -2.47. The van der Waals surface area contributed by atoms with Crippen LogP contribution in [0.25, 0.3) is 21.3 Å². The number of likely N-dealkylation sites (tertiary alicyclic amines) is 1. The normalized spacial score (nSPS) is 24.8. The van der Waals surface area contributed by atoms with Crippen molar-refractivity contribution in [3.05, 3.63) is 35.6 Å². The summed E-state index contributed by atoms with van der Waals surface area (Å²) in [5.41, 5.74) is 3.44. The summed E-state index contributed by atoms with van der Waals surface area (Å²) >= 11 is 1.83. The van der Waals surface area contributed by atoms with Gasteiger partial charge in [0.2, 0.25) is 0 Å². The number of halogens is 1. The molecule has 1 aliphatic heterocycles. The number of thiazole rings is 1. The molecule has 2 aromatic heterocycles. The smallest absolute Gasteiger partial charge is 0.103 e. The second-order valence-electron chi connectivity index (χ2n) is 7.67. The summed E-state index contributed by atoms with van der Waals surface area (Å²) in [7, 11) is 1.94. The molecule has 6 heteroatoms. The molecule has 3 aromatic rings. The minimum Gasteiger partial charge on any atom is -0.300 e. The molecular weight excluding hydrogens is 346 g/mol. The predicted molar refractivity (Wildman–Crippen MR) is 103 cm³/mol. The van der Waals surface area contributed by atoms with E-state index in [0.29, 0.717) is 24.8 Å². The Kier molecular flexibility index (Phi) is 4.05. The molecule has 1 saturated heterocycles. The van der Waals surface area contributed by atoms with Gasteiger partial charge in [0.25, 0.3) is 0 Å². The summed E-state index contributed by atoms with van der Waals surface area (Å²) in [6, 6.07) is 7.12. The molecule has 2 fully saturated rings. The van der Waals surface area contributed by atoms with Gasteiger partial charge in [0, 0.05) is 43.9 Å². The first-order chi connectivity index (χ1) is 12.7. The topological polar surface area (TPSA) is 34.0 Å². The van der Waals surface area contributed by atoms with Crippen LogP contribution in [0.5, 0.6) is 0 Å². The second-order valence-corrected chi connectivity index (χ2v) is 8.73. The molecule has 1 saturated carbocycles. The van der Waals surface area contributed by atoms with E-state index < -0.39 is 6.17 Å². The van der Waals surface area contributed by atoms with Gasteiger partial charge in [-0.3, -0.25) is 4.68 Å². The molecule has 0 radical (unpaired) electrons. The van der Waals surface area contributed by atoms with E-state index in [1.165, 1.54) is 28.1 Å². The number of aryl methyl sites for hydroxylation is 1. The largest absolute Gasteiger partial charge is 0.300 e. The van der Waals surface area contributed by atoms with Gasteiger partial charge in [-0.2, -0.15) is 5.10 Å². The minimum atomic E-state index is -0.583. The summed E-state index contributed by atoms with van der Waals surface area (Å²) in [6.45, 7) is 1.85. The molecule has 26 heavy (non-hydrogen) atoms. The van der Waals surface area contributed by atoms with Crippen LogP contribution in [0.15, 0.2) is 30.6 Å². The first-order valence-electron chi connectivity index (χ1n) is 9.43. The number of aromatic nitrogens is 3. The maximum absolute atomic E-state index is 13.3. The van der Waals surface area contributed by atoms with Crippen molar-refractivity contribution in [2.45, 2.75) is 43.8 Å². The van der Waals surface area contributed by atoms with Crippen molar-refractivity contribution in [2.75, 3.05) is 13.1 Å². The Morgan fingerprint density at radius 1 is 1.15 bits per heavy atom. The van der Waals surface area contributed by atoms with Crippen LogP contribution in [0.4, 0.5) is 4.39 Å². The van der Waals surface area contributed by atoms with Gasteiger partial charge in [-0.25, -0.2) is 9.37 Å². The fraction of sp³-hybridized carbons (Fsp3) is 0.500. The van der Waals surface area contributed by atoms with Gasteiger partial charge < -0.3 is 4.90 Å². The van der Waals surface area contributed by atoms with E-state index in [9.17, 15) is 4.39 Å². The fourth-order valence-corrected chi connectivity index (χ4v) is 5.32. The number of piperidine rings is 1. The average Bonchev–Trinajstić information content (AvgIpc) is 3.20. The van der Waals surface area contributed by atoms with Crippen molar-refractivity contribution in [3.63, 3.8) is 0 Å². The van der Waals surface area contributed by atoms with Gasteiger partial charge in [-0.15, -0.1) is 11.3 Å². The molecule has 136 valence electrons. The predicted octanol–water partition coefficient (Wildman–Crippen LogP) is 4.38. The molecule has 2 aliphatic rings. The Morgan fingerprint density at radius 2 is 1.96 bits per heavy atom. The third kappa shape index (κ3) is 2.95. The fourth-order valence-electron chi connectivity index (χ4n) is 4.19. The summed E-state index contributed by atoms with van der Waals surface area (Å²) < 4.78 is 16.4. The number of alkyl halides is 1. The molecule has 1 aromatic carbocycles. The van der Waals surface area contributed by atoms with Gasteiger partial charge in [0.15, 0.2) is 0 Å². The van der Waals surface area contributed by atoms with Crippen molar-refractivity contribution >= 4 is 21.6 Å². The highest BCUT2D eigenvalue weighted by atomic mass is 32.1. The van der Waals surface area contributed by atoms with E-state index in [1.807, 2.05) is 35.5 Å². The Balaban J connectivity index is 1.30. The van der Waals surface area contributed by atoms with E-state index in [-0.39, 0.29) is 0 Å². The highest BCUT2D eigenvalue weighted by molar-refractivity contribution is 7.18. The van der Waals surface area contributed by atoms with E-state index in [1.54, 1.807) is 0 Å². The van der Waals surface area contributed by atoms with Crippen LogP contribution in [-0.2, 0) is 7.05 Å². The van der Waals surface area contributed by atoms with E-state index in [2.05, 4.69) is 28.2 Å². The van der Waals surface area contributed by atoms with Crippen molar-refractivity contribution < 1.29 is 4.39 Å². The highest BCUT2D eigenvalue weighted by Gasteiger charge is 2.37. The number of nitrogens with zero attached hydrogens (tertiary/aromatic N) is 4. The zero-order chi connectivity index (χ0) is 17.7. The molecule has 0 N–H and O–H groups in total. The minimum absolute atomic E-state index is 0.572. The van der Waals surface area contributed by atoms with Crippen LogP contribution in [-0.4, -0.2) is 45.0 Å². The lowest BCUT2D eigenvalue weighted by atomic mass is 9.79. The van der Waals surface area contributed by atoms with Crippen LogP contribution in [0.1, 0.15) is 36.6 Å². The maximum atomic E-state index is 13.3. The maximum Gasteiger partial charge on any atom is 0.103 e. The van der Waals surface area contributed by atoms with Gasteiger partial charge >= 0.3 is 0 Å². The molecule has 5 rings (SSSR count). The molecule has 0 amide bonds. The van der Waals surface area contributed by atoms with Crippen molar-refractivity contribution in [1.82, 2.24) is 19.7 Å². The highest BCUT2D eigenvalue weighted by Crippen LogP contribution is 2.43. The van der Waals surface area contributed by atoms with Crippen molar-refractivity contribution in [2.24, 2.45) is 7.05 Å². The number of rotatable bonds is 3. The van der Waals surface area contributed by atoms with Crippen LogP contribution in [0.3, 0.4) is 0 Å². The lowest BCUT2D eigenvalue weighted by Gasteiger charge is -2.44. The Bertz CT molecular complexity index is 919. The molecule has 0 unspecified atom stereocenters. The van der Waals surface area contributed by atoms with E-state index in [0.717, 1.165) is 24.2 Å². The molecular formula is C20H23FN4S. The van der Waals surface area contributed by atoms with E-state index in [4.69, 9.17) is 4.98 Å². The van der Waals surface area contributed by atoms with Gasteiger partial charge in [0.05, 0.1) is 21.4 Å². The zero-order valence-electron chi connectivity index (χ0n) is 14.9. The number of fused-ring (bicyclic) bond motifs is 1. The molecule has 0 bridgehead atoms. The molecule has 0 spiro atoms. The van der Waals surface area contributed by atoms with Crippen molar-refractivity contribution in [3.8, 4) is 11.1 Å². The van der Waals surface area contributed by atoms with Gasteiger partial charge in [-0.05, 0) is 43.4 Å². The Hall–Kier alpha value is -1.79. The van der Waals surface area contributed by atoms with Crippen LogP contribution in [0, 0.1) is 0 Å². The summed E-state index contributed by atoms with van der Waals surface area (Å²) in [6.07, 6.45) is 7.12. The average molecular weight is 369 g/mol. The third-order valence-corrected chi connectivity index (χ3v) is 7.06. The third-order valence-electron chi connectivity index (χ3n) is 5.88. The summed E-state index contributed by atoms with van der Waals surface area (Å²) in [5, 5.41) is 5.53. The van der Waals surface area contributed by atoms with Crippen LogP contribution >= 0.6 is 11.3 Å². The van der Waals surface area contributed by atoms with Gasteiger partial charge in [-0.1, -0.05) is 6.07 Å². The summed E-state index contributed by atoms with van der Waals surface area (Å²) in [5.74, 6) is 0.572. The quantitative estimate of drug-likeness (QED) is 0.687. The Labute approximate surface area is 156 Å². The first kappa shape index (κ1) is 16.4. The Morgan fingerprint density at radius 3 is 2.69 bits per heavy atom. The monoisotopic (exact) mass is 369 g/mol. The summed E-state index contributed by atoms with van der Waals surface area (Å²) in [4.78, 5) is 7.37. The molecule has 4 nitrogen and oxygen atoms in total. The van der Waals surface area contributed by atoms with Crippen molar-refractivity contribution in [1.29, 1.82) is 0 Å². The lowest BCUT2D eigenvalue weighted by molar-refractivity contribution is 0.0610. The standard InChI is InChI=1S/C20H23FN4S/c1-24-12-15(11-22-24)13-2-3-18-19(10-13)26-20(23-18)14-8-17(9-14)25-6-4-16(21)5-7-25/h2-3,10-12,14,16-17H,4-9H2,1H3/i21-1. The first-order valence-corrected chi connectivity index (χ1v) is 10.2. The molecule has 1 aliphatic carbocycles. The number of hydrogen-bond acceptors (Lipinski definition) is 4. The van der Waals surface area contributed by atoms with Gasteiger partial charge in [0.1, 0.15) is 6.17 Å². The van der Waals surface area contributed by atoms with E-state index >= 15 is 0 Å². The molecule has 0 atom stereocenters. The number of benzene rings is 1. The number of hydrogen-bond donors (Lipinski definition) is 0. The SMILES string of the molecule is Cn1cc(-c2ccc3nc(C4CC(N5CCC([18F])CC5)C4)sc3c2)cn1.